The van der Waals surface area contributed by atoms with Crippen molar-refractivity contribution in [1.29, 1.82) is 0 Å². The Hall–Kier alpha value is -3.47. The summed E-state index contributed by atoms with van der Waals surface area (Å²) in [4.78, 5) is 26.7. The molecule has 29 heavy (non-hydrogen) atoms. The van der Waals surface area contributed by atoms with E-state index in [9.17, 15) is 14.0 Å². The SMILES string of the molecule is CCN(C(=O)COc1ccc(C(=O)c2ccc(F)cc2)cc1)c1ccccc1C. The zero-order valence-electron chi connectivity index (χ0n) is 16.4. The molecule has 0 saturated heterocycles. The van der Waals surface area contributed by atoms with Gasteiger partial charge in [-0.15, -0.1) is 0 Å². The largest absolute Gasteiger partial charge is 0.484 e. The van der Waals surface area contributed by atoms with Crippen LogP contribution in [-0.2, 0) is 4.79 Å². The van der Waals surface area contributed by atoms with Gasteiger partial charge in [0.1, 0.15) is 11.6 Å². The van der Waals surface area contributed by atoms with Crippen LogP contribution in [0.15, 0.2) is 72.8 Å². The van der Waals surface area contributed by atoms with E-state index in [1.165, 1.54) is 24.3 Å². The Morgan fingerprint density at radius 3 is 2.07 bits per heavy atom. The van der Waals surface area contributed by atoms with Gasteiger partial charge in [-0.1, -0.05) is 18.2 Å². The molecule has 0 heterocycles. The summed E-state index contributed by atoms with van der Waals surface area (Å²) in [5, 5.41) is 0. The van der Waals surface area contributed by atoms with Gasteiger partial charge in [0, 0.05) is 23.4 Å². The van der Waals surface area contributed by atoms with Crippen LogP contribution in [0.4, 0.5) is 10.1 Å². The third kappa shape index (κ3) is 4.88. The molecule has 0 aliphatic heterocycles. The second-order valence-electron chi connectivity index (χ2n) is 6.57. The van der Waals surface area contributed by atoms with E-state index in [0.29, 0.717) is 23.4 Å². The smallest absolute Gasteiger partial charge is 0.264 e. The number of rotatable bonds is 7. The molecule has 0 fully saturated rings. The molecule has 4 nitrogen and oxygen atoms in total. The first-order valence-corrected chi connectivity index (χ1v) is 9.38. The molecular weight excluding hydrogens is 369 g/mol. The Morgan fingerprint density at radius 2 is 1.48 bits per heavy atom. The fourth-order valence-electron chi connectivity index (χ4n) is 3.04. The third-order valence-electron chi connectivity index (χ3n) is 4.61. The lowest BCUT2D eigenvalue weighted by Gasteiger charge is -2.23. The van der Waals surface area contributed by atoms with E-state index in [-0.39, 0.29) is 24.1 Å². The first-order valence-electron chi connectivity index (χ1n) is 9.38. The highest BCUT2D eigenvalue weighted by Gasteiger charge is 2.16. The van der Waals surface area contributed by atoms with Gasteiger partial charge in [0.05, 0.1) is 0 Å². The minimum absolute atomic E-state index is 0.104. The summed E-state index contributed by atoms with van der Waals surface area (Å²) in [5.41, 5.74) is 2.76. The van der Waals surface area contributed by atoms with Gasteiger partial charge in [-0.2, -0.15) is 0 Å². The average Bonchev–Trinajstić information content (AvgIpc) is 2.74. The second-order valence-corrected chi connectivity index (χ2v) is 6.57. The maximum absolute atomic E-state index is 13.0. The molecule has 0 unspecified atom stereocenters. The van der Waals surface area contributed by atoms with Crippen molar-refractivity contribution in [3.05, 3.63) is 95.3 Å². The van der Waals surface area contributed by atoms with E-state index < -0.39 is 0 Å². The van der Waals surface area contributed by atoms with Gasteiger partial charge >= 0.3 is 0 Å². The summed E-state index contributed by atoms with van der Waals surface area (Å²) in [7, 11) is 0. The van der Waals surface area contributed by atoms with Gasteiger partial charge in [0.15, 0.2) is 12.4 Å². The number of likely N-dealkylation sites (N-methyl/N-ethyl adjacent to an activating group) is 1. The number of benzene rings is 3. The topological polar surface area (TPSA) is 46.6 Å². The van der Waals surface area contributed by atoms with Crippen molar-refractivity contribution in [1.82, 2.24) is 0 Å². The number of hydrogen-bond acceptors (Lipinski definition) is 3. The van der Waals surface area contributed by atoms with Crippen LogP contribution < -0.4 is 9.64 Å². The van der Waals surface area contributed by atoms with Gasteiger partial charge in [-0.3, -0.25) is 9.59 Å². The first kappa shape index (κ1) is 20.3. The number of para-hydroxylation sites is 1. The van der Waals surface area contributed by atoms with E-state index in [0.717, 1.165) is 11.3 Å². The Morgan fingerprint density at radius 1 is 0.897 bits per heavy atom. The number of ether oxygens (including phenoxy) is 1. The van der Waals surface area contributed by atoms with Gasteiger partial charge in [0.25, 0.3) is 5.91 Å². The van der Waals surface area contributed by atoms with E-state index in [2.05, 4.69) is 0 Å². The monoisotopic (exact) mass is 391 g/mol. The highest BCUT2D eigenvalue weighted by atomic mass is 19.1. The average molecular weight is 391 g/mol. The lowest BCUT2D eigenvalue weighted by molar-refractivity contribution is -0.120. The van der Waals surface area contributed by atoms with E-state index in [1.54, 1.807) is 29.2 Å². The third-order valence-corrected chi connectivity index (χ3v) is 4.61. The van der Waals surface area contributed by atoms with Crippen molar-refractivity contribution in [3.8, 4) is 5.75 Å². The normalized spacial score (nSPS) is 10.4. The number of amides is 1. The molecule has 0 atom stereocenters. The Kier molecular flexibility index (Phi) is 6.39. The quantitative estimate of drug-likeness (QED) is 0.544. The summed E-state index contributed by atoms with van der Waals surface area (Å²) in [5.74, 6) is -0.241. The first-order chi connectivity index (χ1) is 14.0. The predicted molar refractivity (Wildman–Crippen MR) is 111 cm³/mol. The van der Waals surface area contributed by atoms with Crippen LogP contribution in [0, 0.1) is 12.7 Å². The van der Waals surface area contributed by atoms with Crippen molar-refractivity contribution < 1.29 is 18.7 Å². The molecule has 0 aliphatic carbocycles. The maximum Gasteiger partial charge on any atom is 0.264 e. The summed E-state index contributed by atoms with van der Waals surface area (Å²) < 4.78 is 18.6. The van der Waals surface area contributed by atoms with E-state index in [4.69, 9.17) is 4.74 Å². The Balaban J connectivity index is 1.64. The van der Waals surface area contributed by atoms with Crippen molar-refractivity contribution in [3.63, 3.8) is 0 Å². The van der Waals surface area contributed by atoms with Crippen molar-refractivity contribution >= 4 is 17.4 Å². The molecule has 0 radical (unpaired) electrons. The number of ketones is 1. The van der Waals surface area contributed by atoms with Crippen LogP contribution in [-0.4, -0.2) is 24.8 Å². The summed E-state index contributed by atoms with van der Waals surface area (Å²) in [6, 6.07) is 19.7. The summed E-state index contributed by atoms with van der Waals surface area (Å²) >= 11 is 0. The standard InChI is InChI=1S/C24H22FNO3/c1-3-26(22-7-5-4-6-17(22)2)23(27)16-29-21-14-10-19(11-15-21)24(28)18-8-12-20(25)13-9-18/h4-15H,3,16H2,1-2H3. The van der Waals surface area contributed by atoms with Gasteiger partial charge in [-0.25, -0.2) is 4.39 Å². The lowest BCUT2D eigenvalue weighted by Crippen LogP contribution is -2.35. The molecule has 3 aromatic carbocycles. The fraction of sp³-hybridized carbons (Fsp3) is 0.167. The van der Waals surface area contributed by atoms with Crippen LogP contribution in [0.2, 0.25) is 0 Å². The molecule has 0 spiro atoms. The number of carbonyl (C=O) groups is 2. The van der Waals surface area contributed by atoms with E-state index >= 15 is 0 Å². The van der Waals surface area contributed by atoms with Crippen LogP contribution in [0.1, 0.15) is 28.4 Å². The van der Waals surface area contributed by atoms with Crippen LogP contribution in [0.5, 0.6) is 5.75 Å². The van der Waals surface area contributed by atoms with E-state index in [1.807, 2.05) is 38.1 Å². The van der Waals surface area contributed by atoms with Crippen molar-refractivity contribution in [2.75, 3.05) is 18.1 Å². The number of carbonyl (C=O) groups excluding carboxylic acids is 2. The minimum atomic E-state index is -0.387. The van der Waals surface area contributed by atoms with Crippen molar-refractivity contribution in [2.24, 2.45) is 0 Å². The molecule has 5 heteroatoms. The zero-order chi connectivity index (χ0) is 20.8. The fourth-order valence-corrected chi connectivity index (χ4v) is 3.04. The van der Waals surface area contributed by atoms with Gasteiger partial charge < -0.3 is 9.64 Å². The lowest BCUT2D eigenvalue weighted by atomic mass is 10.0. The summed E-state index contributed by atoms with van der Waals surface area (Å²) in [6.07, 6.45) is 0. The van der Waals surface area contributed by atoms with Crippen LogP contribution in [0.3, 0.4) is 0 Å². The molecule has 0 bridgehead atoms. The van der Waals surface area contributed by atoms with Gasteiger partial charge in [0.2, 0.25) is 0 Å². The number of hydrogen-bond donors (Lipinski definition) is 0. The molecule has 0 aliphatic rings. The maximum atomic E-state index is 13.0. The highest BCUT2D eigenvalue weighted by molar-refractivity contribution is 6.09. The molecule has 0 aromatic heterocycles. The molecule has 148 valence electrons. The second kappa shape index (κ2) is 9.15. The molecule has 0 saturated carbocycles. The summed E-state index contributed by atoms with van der Waals surface area (Å²) in [6.45, 7) is 4.31. The minimum Gasteiger partial charge on any atom is -0.484 e. The number of aryl methyl sites for hydroxylation is 1. The zero-order valence-corrected chi connectivity index (χ0v) is 16.4. The molecule has 0 N–H and O–H groups in total. The Labute approximate surface area is 169 Å². The number of halogens is 1. The molecular formula is C24H22FNO3. The van der Waals surface area contributed by atoms with Crippen LogP contribution in [0.25, 0.3) is 0 Å². The van der Waals surface area contributed by atoms with Crippen molar-refractivity contribution in [2.45, 2.75) is 13.8 Å². The molecule has 1 amide bonds. The Bertz CT molecular complexity index is 997. The highest BCUT2D eigenvalue weighted by Crippen LogP contribution is 2.20. The number of nitrogens with zero attached hydrogens (tertiary/aromatic N) is 1. The molecule has 3 rings (SSSR count). The van der Waals surface area contributed by atoms with Crippen LogP contribution >= 0.6 is 0 Å². The molecule has 3 aromatic rings. The predicted octanol–water partition coefficient (Wildman–Crippen LogP) is 4.80. The number of anilines is 1. The van der Waals surface area contributed by atoms with Gasteiger partial charge in [-0.05, 0) is 74.0 Å².